The molecule has 0 amide bonds. The maximum atomic E-state index is 3.80. The van der Waals surface area contributed by atoms with Gasteiger partial charge in [-0.25, -0.2) is 0 Å². The molecule has 1 nitrogen and oxygen atoms in total. The Morgan fingerprint density at radius 2 is 1.79 bits per heavy atom. The van der Waals surface area contributed by atoms with Crippen molar-refractivity contribution in [1.82, 2.24) is 5.32 Å². The molecule has 84 valence electrons. The van der Waals surface area contributed by atoms with Crippen molar-refractivity contribution in [2.45, 2.75) is 71.9 Å². The number of hydrogen-bond donors (Lipinski definition) is 1. The molecular weight excluding hydrogens is 170 g/mol. The highest BCUT2D eigenvalue weighted by atomic mass is 15.1. The number of nitrogens with one attached hydrogen (secondary N) is 1. The lowest BCUT2D eigenvalue weighted by atomic mass is 9.70. The molecule has 0 aromatic heterocycles. The van der Waals surface area contributed by atoms with E-state index >= 15 is 0 Å². The summed E-state index contributed by atoms with van der Waals surface area (Å²) in [6, 6.07) is 0. The van der Waals surface area contributed by atoms with Crippen LogP contribution in [0, 0.1) is 11.8 Å². The number of piperidine rings is 1. The Balaban J connectivity index is 2.77. The van der Waals surface area contributed by atoms with Crippen molar-refractivity contribution in [3.05, 3.63) is 0 Å². The van der Waals surface area contributed by atoms with Gasteiger partial charge in [-0.15, -0.1) is 0 Å². The van der Waals surface area contributed by atoms with Gasteiger partial charge in [-0.2, -0.15) is 0 Å². The number of hydrogen-bond acceptors (Lipinski definition) is 1. The van der Waals surface area contributed by atoms with Crippen LogP contribution >= 0.6 is 0 Å². The zero-order chi connectivity index (χ0) is 11.0. The van der Waals surface area contributed by atoms with Crippen LogP contribution in [-0.4, -0.2) is 11.1 Å². The smallest absolute Gasteiger partial charge is 0.0158 e. The first-order valence-electron chi connectivity index (χ1n) is 6.07. The molecule has 1 aliphatic rings. The van der Waals surface area contributed by atoms with E-state index in [1.165, 1.54) is 19.3 Å². The Labute approximate surface area is 89.7 Å². The highest BCUT2D eigenvalue weighted by Gasteiger charge is 2.39. The van der Waals surface area contributed by atoms with Crippen molar-refractivity contribution in [3.63, 3.8) is 0 Å². The van der Waals surface area contributed by atoms with Crippen molar-refractivity contribution in [2.24, 2.45) is 11.8 Å². The van der Waals surface area contributed by atoms with E-state index in [0.29, 0.717) is 11.1 Å². The Bertz CT molecular complexity index is 195. The third-order valence-electron chi connectivity index (χ3n) is 3.85. The van der Waals surface area contributed by atoms with E-state index in [9.17, 15) is 0 Å². The highest BCUT2D eigenvalue weighted by molar-refractivity contribution is 4.99. The first kappa shape index (κ1) is 12.0. The summed E-state index contributed by atoms with van der Waals surface area (Å²) in [5.74, 6) is 1.71. The molecule has 0 aromatic carbocycles. The Morgan fingerprint density at radius 1 is 1.21 bits per heavy atom. The van der Waals surface area contributed by atoms with Crippen molar-refractivity contribution in [1.29, 1.82) is 0 Å². The fraction of sp³-hybridized carbons (Fsp3) is 1.00. The molecule has 2 unspecified atom stereocenters. The van der Waals surface area contributed by atoms with E-state index < -0.39 is 0 Å². The molecule has 1 heterocycles. The fourth-order valence-corrected chi connectivity index (χ4v) is 2.93. The van der Waals surface area contributed by atoms with E-state index in [2.05, 4.69) is 46.9 Å². The molecule has 1 N–H and O–H groups in total. The van der Waals surface area contributed by atoms with Crippen molar-refractivity contribution >= 4 is 0 Å². The second kappa shape index (κ2) is 3.84. The van der Waals surface area contributed by atoms with E-state index in [-0.39, 0.29) is 0 Å². The molecule has 0 radical (unpaired) electrons. The van der Waals surface area contributed by atoms with Crippen LogP contribution in [-0.2, 0) is 0 Å². The summed E-state index contributed by atoms with van der Waals surface area (Å²) in [6.45, 7) is 14.1. The van der Waals surface area contributed by atoms with Gasteiger partial charge in [0, 0.05) is 11.1 Å². The van der Waals surface area contributed by atoms with Crippen molar-refractivity contribution in [2.75, 3.05) is 0 Å². The summed E-state index contributed by atoms with van der Waals surface area (Å²) in [4.78, 5) is 0. The normalized spacial score (nSPS) is 37.5. The van der Waals surface area contributed by atoms with Gasteiger partial charge >= 0.3 is 0 Å². The second-order valence-corrected chi connectivity index (χ2v) is 6.34. The van der Waals surface area contributed by atoms with E-state index in [4.69, 9.17) is 0 Å². The molecule has 2 atom stereocenters. The van der Waals surface area contributed by atoms with Crippen molar-refractivity contribution < 1.29 is 0 Å². The Morgan fingerprint density at radius 3 is 2.21 bits per heavy atom. The van der Waals surface area contributed by atoms with Gasteiger partial charge in [0.25, 0.3) is 0 Å². The molecule has 0 aromatic rings. The van der Waals surface area contributed by atoms with Crippen molar-refractivity contribution in [3.8, 4) is 0 Å². The first-order chi connectivity index (χ1) is 6.28. The molecule has 1 fully saturated rings. The molecule has 14 heavy (non-hydrogen) atoms. The van der Waals surface area contributed by atoms with E-state index in [1.807, 2.05) is 0 Å². The molecule has 1 aliphatic heterocycles. The topological polar surface area (TPSA) is 12.0 Å². The highest BCUT2D eigenvalue weighted by Crippen LogP contribution is 2.38. The average molecular weight is 197 g/mol. The predicted molar refractivity (Wildman–Crippen MR) is 63.5 cm³/mol. The minimum atomic E-state index is 0.317. The molecule has 0 aliphatic carbocycles. The maximum Gasteiger partial charge on any atom is 0.0158 e. The first-order valence-corrected chi connectivity index (χ1v) is 6.07. The summed E-state index contributed by atoms with van der Waals surface area (Å²) in [7, 11) is 0. The van der Waals surface area contributed by atoms with Gasteiger partial charge in [0.2, 0.25) is 0 Å². The van der Waals surface area contributed by atoms with Crippen LogP contribution in [0.3, 0.4) is 0 Å². The fourth-order valence-electron chi connectivity index (χ4n) is 2.93. The summed E-state index contributed by atoms with van der Waals surface area (Å²) in [5, 5.41) is 3.80. The third-order valence-corrected chi connectivity index (χ3v) is 3.85. The van der Waals surface area contributed by atoms with Crippen LogP contribution in [0.25, 0.3) is 0 Å². The lowest BCUT2D eigenvalue weighted by Crippen LogP contribution is -2.59. The zero-order valence-corrected chi connectivity index (χ0v) is 10.8. The largest absolute Gasteiger partial charge is 0.307 e. The van der Waals surface area contributed by atoms with Gasteiger partial charge < -0.3 is 5.32 Å². The van der Waals surface area contributed by atoms with Crippen LogP contribution in [0.2, 0.25) is 0 Å². The second-order valence-electron chi connectivity index (χ2n) is 6.34. The Kier molecular flexibility index (Phi) is 3.30. The lowest BCUT2D eigenvalue weighted by molar-refractivity contribution is 0.0889. The van der Waals surface area contributed by atoms with Gasteiger partial charge in [0.15, 0.2) is 0 Å². The minimum Gasteiger partial charge on any atom is -0.307 e. The van der Waals surface area contributed by atoms with E-state index in [1.54, 1.807) is 0 Å². The summed E-state index contributed by atoms with van der Waals surface area (Å²) in [6.07, 6.45) is 3.89. The number of rotatable bonds is 2. The molecular formula is C13H27N. The van der Waals surface area contributed by atoms with Crippen LogP contribution < -0.4 is 5.32 Å². The summed E-state index contributed by atoms with van der Waals surface area (Å²) < 4.78 is 0. The van der Waals surface area contributed by atoms with Crippen LogP contribution in [0.5, 0.6) is 0 Å². The zero-order valence-electron chi connectivity index (χ0n) is 10.8. The van der Waals surface area contributed by atoms with Crippen LogP contribution in [0.4, 0.5) is 0 Å². The molecule has 0 saturated carbocycles. The standard InChI is InChI=1S/C13H27N/c1-7-13(6)9-11(10(2)3)8-12(4,5)14-13/h10-11,14H,7-9H2,1-6H3. The Hall–Kier alpha value is -0.0400. The van der Waals surface area contributed by atoms with Gasteiger partial charge in [-0.05, 0) is 51.9 Å². The third kappa shape index (κ3) is 2.73. The molecule has 1 saturated heterocycles. The summed E-state index contributed by atoms with van der Waals surface area (Å²) >= 11 is 0. The monoisotopic (exact) mass is 197 g/mol. The van der Waals surface area contributed by atoms with Crippen LogP contribution in [0.1, 0.15) is 60.8 Å². The van der Waals surface area contributed by atoms with Crippen LogP contribution in [0.15, 0.2) is 0 Å². The van der Waals surface area contributed by atoms with Gasteiger partial charge in [0.05, 0.1) is 0 Å². The predicted octanol–water partition coefficient (Wildman–Crippen LogP) is 3.59. The van der Waals surface area contributed by atoms with Gasteiger partial charge in [0.1, 0.15) is 0 Å². The van der Waals surface area contributed by atoms with E-state index in [0.717, 1.165) is 11.8 Å². The quantitative estimate of drug-likeness (QED) is 0.713. The lowest BCUT2D eigenvalue weighted by Gasteiger charge is -2.49. The molecule has 1 rings (SSSR count). The average Bonchev–Trinajstić information content (AvgIpc) is 2.01. The van der Waals surface area contributed by atoms with Gasteiger partial charge in [-0.3, -0.25) is 0 Å². The van der Waals surface area contributed by atoms with Gasteiger partial charge in [-0.1, -0.05) is 20.8 Å². The molecule has 0 bridgehead atoms. The maximum absolute atomic E-state index is 3.80. The summed E-state index contributed by atoms with van der Waals surface area (Å²) in [5.41, 5.74) is 0.675. The molecule has 0 spiro atoms. The molecule has 1 heteroatoms. The SMILES string of the molecule is CCC1(C)CC(C(C)C)CC(C)(C)N1. The minimum absolute atomic E-state index is 0.317.